The van der Waals surface area contributed by atoms with Gasteiger partial charge in [0.15, 0.2) is 0 Å². The number of nitriles is 1. The average Bonchev–Trinajstić information content (AvgIpc) is 2.51. The van der Waals surface area contributed by atoms with Crippen LogP contribution in [-0.2, 0) is 6.42 Å². The average molecular weight is 296 g/mol. The molecule has 0 aliphatic carbocycles. The van der Waals surface area contributed by atoms with Crippen molar-refractivity contribution >= 4 is 0 Å². The highest BCUT2D eigenvalue weighted by Gasteiger charge is 2.03. The van der Waals surface area contributed by atoms with Gasteiger partial charge in [0, 0.05) is 12.2 Å². The van der Waals surface area contributed by atoms with Gasteiger partial charge in [-0.1, -0.05) is 32.1 Å². The summed E-state index contributed by atoms with van der Waals surface area (Å²) in [7, 11) is 0. The molecule has 2 heteroatoms. The first kappa shape index (κ1) is 18.0. The molecule has 1 rings (SSSR count). The summed E-state index contributed by atoms with van der Waals surface area (Å²) in [5.41, 5.74) is 4.42. The molecule has 0 aromatic heterocycles. The predicted octanol–water partition coefficient (Wildman–Crippen LogP) is 5.34. The highest BCUT2D eigenvalue weighted by Crippen LogP contribution is 2.14. The summed E-state index contributed by atoms with van der Waals surface area (Å²) in [5, 5.41) is 8.99. The van der Waals surface area contributed by atoms with Crippen LogP contribution in [0.2, 0.25) is 0 Å². The van der Waals surface area contributed by atoms with Gasteiger partial charge in [-0.15, -0.1) is 0 Å². The maximum absolute atomic E-state index is 8.99. The quantitative estimate of drug-likeness (QED) is 0.575. The van der Waals surface area contributed by atoms with Crippen molar-refractivity contribution in [2.75, 3.05) is 6.54 Å². The Labute approximate surface area is 135 Å². The van der Waals surface area contributed by atoms with Crippen molar-refractivity contribution in [1.29, 1.82) is 5.26 Å². The molecule has 2 nitrogen and oxygen atoms in total. The molecule has 0 unspecified atom stereocenters. The zero-order valence-electron chi connectivity index (χ0n) is 14.2. The van der Waals surface area contributed by atoms with Crippen LogP contribution in [-0.4, -0.2) is 11.4 Å². The van der Waals surface area contributed by atoms with Crippen LogP contribution in [0.1, 0.15) is 56.2 Å². The number of aryl methyl sites for hydroxylation is 2. The number of benzene rings is 1. The molecule has 1 aromatic carbocycles. The summed E-state index contributed by atoms with van der Waals surface area (Å²) in [6.45, 7) is 11.4. The maximum Gasteiger partial charge on any atom is 0.0991 e. The van der Waals surface area contributed by atoms with Gasteiger partial charge >= 0.3 is 0 Å². The summed E-state index contributed by atoms with van der Waals surface area (Å²) < 4.78 is 0. The van der Waals surface area contributed by atoms with Crippen molar-refractivity contribution in [2.24, 2.45) is 0 Å². The third-order valence-corrected chi connectivity index (χ3v) is 3.80. The lowest BCUT2D eigenvalue weighted by atomic mass is 10.0. The van der Waals surface area contributed by atoms with Gasteiger partial charge in [-0.05, 0) is 69.0 Å². The van der Waals surface area contributed by atoms with Crippen molar-refractivity contribution in [1.82, 2.24) is 4.90 Å². The van der Waals surface area contributed by atoms with E-state index in [9.17, 15) is 0 Å². The van der Waals surface area contributed by atoms with Gasteiger partial charge in [0.05, 0.1) is 11.6 Å². The van der Waals surface area contributed by atoms with E-state index in [1.165, 1.54) is 17.5 Å². The molecule has 0 aliphatic rings. The van der Waals surface area contributed by atoms with Crippen LogP contribution in [0, 0.1) is 18.3 Å². The first-order valence-electron chi connectivity index (χ1n) is 8.17. The Morgan fingerprint density at radius 3 is 2.77 bits per heavy atom. The fourth-order valence-corrected chi connectivity index (χ4v) is 2.37. The number of unbranched alkanes of at least 4 members (excludes halogenated alkanes) is 2. The van der Waals surface area contributed by atoms with Crippen molar-refractivity contribution in [3.8, 4) is 6.07 Å². The first-order valence-corrected chi connectivity index (χ1v) is 8.17. The van der Waals surface area contributed by atoms with E-state index in [2.05, 4.69) is 50.6 Å². The number of allylic oxidation sites excluding steroid dienone is 2. The molecule has 118 valence electrons. The van der Waals surface area contributed by atoms with Gasteiger partial charge in [0.2, 0.25) is 0 Å². The fraction of sp³-hybridized carbons (Fsp3) is 0.450. The smallest absolute Gasteiger partial charge is 0.0991 e. The standard InChI is InChI=1S/C20H28N2/c1-5-6-8-13-22(17(2)3)14-9-7-10-20-15-19(16-21)12-11-18(20)4/h8,11-13,15H,2,5-7,9-10,14H2,1,3-4H3/b13-8-. The van der Waals surface area contributed by atoms with E-state index in [4.69, 9.17) is 5.26 Å². The first-order chi connectivity index (χ1) is 10.6. The van der Waals surface area contributed by atoms with Gasteiger partial charge in [0.25, 0.3) is 0 Å². The minimum Gasteiger partial charge on any atom is -0.353 e. The minimum atomic E-state index is 0.756. The normalized spacial score (nSPS) is 10.6. The van der Waals surface area contributed by atoms with E-state index >= 15 is 0 Å². The fourth-order valence-electron chi connectivity index (χ4n) is 2.37. The number of rotatable bonds is 9. The Bertz CT molecular complexity index is 549. The summed E-state index contributed by atoms with van der Waals surface area (Å²) >= 11 is 0. The monoisotopic (exact) mass is 296 g/mol. The highest BCUT2D eigenvalue weighted by molar-refractivity contribution is 5.37. The second-order valence-corrected chi connectivity index (χ2v) is 5.81. The topological polar surface area (TPSA) is 27.0 Å². The van der Waals surface area contributed by atoms with Crippen LogP contribution in [0.3, 0.4) is 0 Å². The molecule has 22 heavy (non-hydrogen) atoms. The maximum atomic E-state index is 8.99. The summed E-state index contributed by atoms with van der Waals surface area (Å²) in [6.07, 6.45) is 9.95. The Kier molecular flexibility index (Phi) is 8.07. The molecule has 0 saturated carbocycles. The molecule has 0 atom stereocenters. The minimum absolute atomic E-state index is 0.756. The van der Waals surface area contributed by atoms with Gasteiger partial charge in [-0.2, -0.15) is 5.26 Å². The predicted molar refractivity (Wildman–Crippen MR) is 94.4 cm³/mol. The Hall–Kier alpha value is -2.01. The molecule has 0 amide bonds. The summed E-state index contributed by atoms with van der Waals surface area (Å²) in [6, 6.07) is 8.17. The molecule has 0 fully saturated rings. The second kappa shape index (κ2) is 9.84. The molecule has 0 aliphatic heterocycles. The second-order valence-electron chi connectivity index (χ2n) is 5.81. The van der Waals surface area contributed by atoms with Gasteiger partial charge < -0.3 is 4.90 Å². The Balaban J connectivity index is 2.46. The number of hydrogen-bond acceptors (Lipinski definition) is 2. The molecule has 0 radical (unpaired) electrons. The van der Waals surface area contributed by atoms with Crippen LogP contribution in [0.5, 0.6) is 0 Å². The van der Waals surface area contributed by atoms with Gasteiger partial charge in [-0.25, -0.2) is 0 Å². The zero-order valence-corrected chi connectivity index (χ0v) is 14.2. The van der Waals surface area contributed by atoms with Gasteiger partial charge in [-0.3, -0.25) is 0 Å². The molecule has 1 aromatic rings. The Morgan fingerprint density at radius 1 is 1.36 bits per heavy atom. The van der Waals surface area contributed by atoms with Crippen LogP contribution in [0.25, 0.3) is 0 Å². The van der Waals surface area contributed by atoms with Crippen molar-refractivity contribution in [2.45, 2.75) is 52.9 Å². The molecule has 0 N–H and O–H groups in total. The molecule has 0 saturated heterocycles. The highest BCUT2D eigenvalue weighted by atomic mass is 15.1. The van der Waals surface area contributed by atoms with Gasteiger partial charge in [0.1, 0.15) is 0 Å². The van der Waals surface area contributed by atoms with Crippen LogP contribution >= 0.6 is 0 Å². The van der Waals surface area contributed by atoms with E-state index in [0.29, 0.717) is 0 Å². The van der Waals surface area contributed by atoms with E-state index in [1.54, 1.807) is 0 Å². The van der Waals surface area contributed by atoms with Crippen molar-refractivity contribution < 1.29 is 0 Å². The third-order valence-electron chi connectivity index (χ3n) is 3.80. The molecule has 0 spiro atoms. The Morgan fingerprint density at radius 2 is 2.14 bits per heavy atom. The van der Waals surface area contributed by atoms with E-state index < -0.39 is 0 Å². The molecule has 0 heterocycles. The SMILES string of the molecule is C=C(C)N(/C=C\CCC)CCCCc1cc(C#N)ccc1C. The number of hydrogen-bond donors (Lipinski definition) is 0. The van der Waals surface area contributed by atoms with E-state index in [1.807, 2.05) is 18.2 Å². The zero-order chi connectivity index (χ0) is 16.4. The molecular weight excluding hydrogens is 268 g/mol. The largest absolute Gasteiger partial charge is 0.353 e. The van der Waals surface area contributed by atoms with E-state index in [0.717, 1.165) is 43.5 Å². The lowest BCUT2D eigenvalue weighted by Gasteiger charge is -2.20. The van der Waals surface area contributed by atoms with Crippen LogP contribution < -0.4 is 0 Å². The molecule has 0 bridgehead atoms. The third kappa shape index (κ3) is 6.18. The lowest BCUT2D eigenvalue weighted by Crippen LogP contribution is -2.15. The number of nitrogens with zero attached hydrogens (tertiary/aromatic N) is 2. The lowest BCUT2D eigenvalue weighted by molar-refractivity contribution is 0.444. The van der Waals surface area contributed by atoms with Crippen molar-refractivity contribution in [3.63, 3.8) is 0 Å². The van der Waals surface area contributed by atoms with Crippen LogP contribution in [0.4, 0.5) is 0 Å². The summed E-state index contributed by atoms with van der Waals surface area (Å²) in [5.74, 6) is 0. The van der Waals surface area contributed by atoms with E-state index in [-0.39, 0.29) is 0 Å². The summed E-state index contributed by atoms with van der Waals surface area (Å²) in [4.78, 5) is 2.23. The molecular formula is C20H28N2. The van der Waals surface area contributed by atoms with Crippen LogP contribution in [0.15, 0.2) is 42.8 Å². The van der Waals surface area contributed by atoms with Crippen molar-refractivity contribution in [3.05, 3.63) is 59.4 Å².